The highest BCUT2D eigenvalue weighted by atomic mass is 19.1. The minimum Gasteiger partial charge on any atom is -0.496 e. The fourth-order valence-electron chi connectivity index (χ4n) is 5.08. The molecule has 2 heterocycles. The molecule has 2 aromatic carbocycles. The molecule has 1 amide bonds. The number of hydrogen-bond acceptors (Lipinski definition) is 3. The lowest BCUT2D eigenvalue weighted by atomic mass is 9.81. The summed E-state index contributed by atoms with van der Waals surface area (Å²) in [4.78, 5) is 17.1. The quantitative estimate of drug-likeness (QED) is 0.764. The van der Waals surface area contributed by atoms with Gasteiger partial charge in [-0.2, -0.15) is 0 Å². The average molecular weight is 397 g/mol. The summed E-state index contributed by atoms with van der Waals surface area (Å²) in [6.45, 7) is 5.39. The molecule has 0 unspecified atom stereocenters. The average Bonchev–Trinajstić information content (AvgIpc) is 3.13. The molecule has 154 valence electrons. The van der Waals surface area contributed by atoms with Crippen LogP contribution in [0.15, 0.2) is 48.5 Å². The van der Waals surface area contributed by atoms with Gasteiger partial charge in [0.15, 0.2) is 0 Å². The number of likely N-dealkylation sites (tertiary alicyclic amines) is 2. The summed E-state index contributed by atoms with van der Waals surface area (Å²) in [6, 6.07) is 15.3. The minimum absolute atomic E-state index is 0.216. The molecule has 3 atom stereocenters. The summed E-state index contributed by atoms with van der Waals surface area (Å²) >= 11 is 0. The van der Waals surface area contributed by atoms with Gasteiger partial charge in [0.1, 0.15) is 11.6 Å². The van der Waals surface area contributed by atoms with Crippen molar-refractivity contribution >= 4 is 5.91 Å². The fraction of sp³-hybridized carbons (Fsp3) is 0.458. The maximum atomic E-state index is 13.5. The number of halogens is 1. The van der Waals surface area contributed by atoms with Crippen molar-refractivity contribution in [1.29, 1.82) is 0 Å². The topological polar surface area (TPSA) is 32.8 Å². The zero-order chi connectivity index (χ0) is 20.4. The molecule has 0 bridgehead atoms. The largest absolute Gasteiger partial charge is 0.496 e. The Bertz CT molecular complexity index is 854. The Hall–Kier alpha value is -2.40. The van der Waals surface area contributed by atoms with E-state index in [0.717, 1.165) is 43.9 Å². The van der Waals surface area contributed by atoms with Crippen molar-refractivity contribution in [2.45, 2.75) is 38.3 Å². The number of ether oxygens (including phenoxy) is 1. The van der Waals surface area contributed by atoms with Crippen molar-refractivity contribution < 1.29 is 13.9 Å². The Morgan fingerprint density at radius 1 is 1.14 bits per heavy atom. The Kier molecular flexibility index (Phi) is 5.86. The van der Waals surface area contributed by atoms with Gasteiger partial charge in [-0.25, -0.2) is 4.39 Å². The van der Waals surface area contributed by atoms with Crippen molar-refractivity contribution in [3.63, 3.8) is 0 Å². The van der Waals surface area contributed by atoms with Crippen molar-refractivity contribution in [2.24, 2.45) is 5.92 Å². The van der Waals surface area contributed by atoms with Gasteiger partial charge >= 0.3 is 0 Å². The number of rotatable bonds is 5. The number of piperidine rings is 1. The van der Waals surface area contributed by atoms with Gasteiger partial charge in [0.2, 0.25) is 5.91 Å². The van der Waals surface area contributed by atoms with Crippen LogP contribution in [0, 0.1) is 11.7 Å². The highest BCUT2D eigenvalue weighted by Gasteiger charge is 2.46. The molecule has 4 rings (SSSR count). The third-order valence-electron chi connectivity index (χ3n) is 6.52. The molecule has 29 heavy (non-hydrogen) atoms. The van der Waals surface area contributed by atoms with Crippen LogP contribution in [0.2, 0.25) is 0 Å². The lowest BCUT2D eigenvalue weighted by Gasteiger charge is -2.39. The maximum absolute atomic E-state index is 13.5. The van der Waals surface area contributed by atoms with E-state index >= 15 is 0 Å². The first-order valence-electron chi connectivity index (χ1n) is 10.5. The lowest BCUT2D eigenvalue weighted by molar-refractivity contribution is -0.132. The van der Waals surface area contributed by atoms with Gasteiger partial charge in [-0.15, -0.1) is 0 Å². The molecular formula is C24H29FN2O2. The number of amides is 1. The van der Waals surface area contributed by atoms with Crippen LogP contribution in [0.25, 0.3) is 0 Å². The summed E-state index contributed by atoms with van der Waals surface area (Å²) in [5.41, 5.74) is 2.32. The van der Waals surface area contributed by atoms with Gasteiger partial charge in [-0.3, -0.25) is 9.69 Å². The number of benzene rings is 2. The second kappa shape index (κ2) is 8.54. The fourth-order valence-corrected chi connectivity index (χ4v) is 5.08. The van der Waals surface area contributed by atoms with Gasteiger partial charge < -0.3 is 9.64 Å². The summed E-state index contributed by atoms with van der Waals surface area (Å²) in [7, 11) is 1.71. The van der Waals surface area contributed by atoms with Gasteiger partial charge in [0.05, 0.1) is 7.11 Å². The van der Waals surface area contributed by atoms with Crippen LogP contribution in [0.1, 0.15) is 36.8 Å². The van der Waals surface area contributed by atoms with E-state index in [1.807, 2.05) is 37.3 Å². The number of nitrogens with zero attached hydrogens (tertiary/aromatic N) is 2. The summed E-state index contributed by atoms with van der Waals surface area (Å²) in [6.07, 6.45) is 1.51. The first-order valence-corrected chi connectivity index (χ1v) is 10.5. The minimum atomic E-state index is -0.216. The van der Waals surface area contributed by atoms with Gasteiger partial charge in [-0.05, 0) is 30.2 Å². The molecule has 2 aliphatic rings. The number of fused-ring (bicyclic) bond motifs is 1. The van der Waals surface area contributed by atoms with Crippen LogP contribution < -0.4 is 4.74 Å². The Balaban J connectivity index is 1.56. The standard InChI is InChI=1S/C24H29FN2O2/c1-3-24(28)27-16-20(17-8-10-19(25)11-9-17)21-15-26(13-12-22(21)27)14-18-6-4-5-7-23(18)29-2/h4-11,20-22H,3,12-16H2,1-2H3/t20-,21-,22-/m1/s1. The van der Waals surface area contributed by atoms with Crippen molar-refractivity contribution in [3.8, 4) is 5.75 Å². The molecule has 2 aromatic rings. The molecule has 2 aliphatic heterocycles. The Labute approximate surface area is 172 Å². The zero-order valence-electron chi connectivity index (χ0n) is 17.2. The second-order valence-corrected chi connectivity index (χ2v) is 8.12. The Morgan fingerprint density at radius 3 is 2.62 bits per heavy atom. The van der Waals surface area contributed by atoms with Crippen LogP contribution in [-0.4, -0.2) is 48.5 Å². The molecule has 2 fully saturated rings. The number of methoxy groups -OCH3 is 1. The van der Waals surface area contributed by atoms with Crippen molar-refractivity contribution in [1.82, 2.24) is 9.80 Å². The van der Waals surface area contributed by atoms with Crippen LogP contribution in [0.4, 0.5) is 4.39 Å². The predicted molar refractivity (Wildman–Crippen MR) is 111 cm³/mol. The van der Waals surface area contributed by atoms with Gasteiger partial charge in [0, 0.05) is 56.0 Å². The Morgan fingerprint density at radius 2 is 1.90 bits per heavy atom. The summed E-state index contributed by atoms with van der Waals surface area (Å²) in [5.74, 6) is 1.53. The number of hydrogen-bond donors (Lipinski definition) is 0. The summed E-state index contributed by atoms with van der Waals surface area (Å²) < 4.78 is 19.0. The molecule has 0 N–H and O–H groups in total. The normalized spacial score (nSPS) is 24.4. The number of para-hydroxylation sites is 1. The molecule has 2 saturated heterocycles. The third kappa shape index (κ3) is 4.01. The molecule has 4 nitrogen and oxygen atoms in total. The second-order valence-electron chi connectivity index (χ2n) is 8.12. The SMILES string of the molecule is CCC(=O)N1C[C@H](c2ccc(F)cc2)[C@H]2CN(Cc3ccccc3OC)CC[C@H]21. The van der Waals surface area contributed by atoms with E-state index in [-0.39, 0.29) is 23.7 Å². The van der Waals surface area contributed by atoms with Crippen molar-refractivity contribution in [3.05, 3.63) is 65.5 Å². The van der Waals surface area contributed by atoms with Gasteiger partial charge in [-0.1, -0.05) is 37.3 Å². The molecule has 0 aromatic heterocycles. The van der Waals surface area contributed by atoms with E-state index < -0.39 is 0 Å². The third-order valence-corrected chi connectivity index (χ3v) is 6.52. The van der Waals surface area contributed by atoms with E-state index in [9.17, 15) is 9.18 Å². The highest BCUT2D eigenvalue weighted by Crippen LogP contribution is 2.42. The van der Waals surface area contributed by atoms with Crippen LogP contribution >= 0.6 is 0 Å². The van der Waals surface area contributed by atoms with Crippen molar-refractivity contribution in [2.75, 3.05) is 26.7 Å². The number of carbonyl (C=O) groups excluding carboxylic acids is 1. The molecular weight excluding hydrogens is 367 g/mol. The predicted octanol–water partition coefficient (Wildman–Crippen LogP) is 4.06. The first kappa shape index (κ1) is 19.9. The first-order chi connectivity index (χ1) is 14.1. The molecule has 0 saturated carbocycles. The molecule has 0 spiro atoms. The molecule has 0 radical (unpaired) electrons. The van der Waals surface area contributed by atoms with Crippen LogP contribution in [-0.2, 0) is 11.3 Å². The summed E-state index contributed by atoms with van der Waals surface area (Å²) in [5, 5.41) is 0. The maximum Gasteiger partial charge on any atom is 0.222 e. The van der Waals surface area contributed by atoms with Crippen LogP contribution in [0.3, 0.4) is 0 Å². The number of carbonyl (C=O) groups is 1. The highest BCUT2D eigenvalue weighted by molar-refractivity contribution is 5.76. The van der Waals surface area contributed by atoms with Crippen LogP contribution in [0.5, 0.6) is 5.75 Å². The molecule has 5 heteroatoms. The smallest absolute Gasteiger partial charge is 0.222 e. The monoisotopic (exact) mass is 396 g/mol. The van der Waals surface area contributed by atoms with E-state index in [2.05, 4.69) is 15.9 Å². The van der Waals surface area contributed by atoms with E-state index in [0.29, 0.717) is 12.3 Å². The van der Waals surface area contributed by atoms with E-state index in [1.54, 1.807) is 7.11 Å². The lowest BCUT2D eigenvalue weighted by Crippen LogP contribution is -2.47. The zero-order valence-corrected chi connectivity index (χ0v) is 17.2. The van der Waals surface area contributed by atoms with E-state index in [4.69, 9.17) is 4.74 Å². The van der Waals surface area contributed by atoms with E-state index in [1.165, 1.54) is 17.7 Å². The van der Waals surface area contributed by atoms with Gasteiger partial charge in [0.25, 0.3) is 0 Å². The molecule has 0 aliphatic carbocycles.